The fraction of sp³-hybridized carbons (Fsp3) is 0.533. The van der Waals surface area contributed by atoms with E-state index in [1.165, 1.54) is 16.8 Å². The van der Waals surface area contributed by atoms with Gasteiger partial charge in [0.25, 0.3) is 0 Å². The third kappa shape index (κ3) is 2.95. The van der Waals surface area contributed by atoms with E-state index >= 15 is 0 Å². The van der Waals surface area contributed by atoms with E-state index in [2.05, 4.69) is 33.0 Å². The maximum absolute atomic E-state index is 5.65. The molecule has 0 spiro atoms. The van der Waals surface area contributed by atoms with Gasteiger partial charge in [0.05, 0.1) is 12.3 Å². The first-order valence-electron chi connectivity index (χ1n) is 7.10. The van der Waals surface area contributed by atoms with Crippen LogP contribution in [0.1, 0.15) is 29.7 Å². The first-order valence-corrected chi connectivity index (χ1v) is 8.04. The van der Waals surface area contributed by atoms with Gasteiger partial charge >= 0.3 is 0 Å². The molecule has 0 saturated heterocycles. The van der Waals surface area contributed by atoms with Crippen LogP contribution in [0.2, 0.25) is 0 Å². The van der Waals surface area contributed by atoms with Gasteiger partial charge in [-0.05, 0) is 29.3 Å². The van der Waals surface area contributed by atoms with Gasteiger partial charge < -0.3 is 4.74 Å². The van der Waals surface area contributed by atoms with Gasteiger partial charge in [-0.25, -0.2) is 0 Å². The highest BCUT2D eigenvalue weighted by molar-refractivity contribution is 7.07. The molecule has 3 rings (SSSR count). The van der Waals surface area contributed by atoms with Crippen LogP contribution in [-0.2, 0) is 24.9 Å². The van der Waals surface area contributed by atoms with E-state index in [4.69, 9.17) is 4.74 Å². The second-order valence-corrected chi connectivity index (χ2v) is 6.15. The summed E-state index contributed by atoms with van der Waals surface area (Å²) >= 11 is 1.76. The molecule has 0 radical (unpaired) electrons. The zero-order chi connectivity index (χ0) is 13.9. The summed E-state index contributed by atoms with van der Waals surface area (Å²) in [5.74, 6) is 0.388. The first-order chi connectivity index (χ1) is 9.76. The predicted molar refractivity (Wildman–Crippen MR) is 80.9 cm³/mol. The molecular weight excluding hydrogens is 270 g/mol. The topological polar surface area (TPSA) is 30.3 Å². The predicted octanol–water partition coefficient (Wildman–Crippen LogP) is 2.62. The van der Waals surface area contributed by atoms with Gasteiger partial charge in [-0.1, -0.05) is 0 Å². The SMILES string of the molecule is CCOC[C@@H]1CN(Cc2ccsc2)Cc2cn(C)nc21. The molecule has 3 heterocycles. The van der Waals surface area contributed by atoms with Crippen LogP contribution in [0, 0.1) is 0 Å². The summed E-state index contributed by atoms with van der Waals surface area (Å²) in [5, 5.41) is 9.01. The van der Waals surface area contributed by atoms with Gasteiger partial charge in [0, 0.05) is 51.0 Å². The number of thiophene rings is 1. The molecular formula is C15H21N3OS. The van der Waals surface area contributed by atoms with Gasteiger partial charge in [-0.15, -0.1) is 0 Å². The Morgan fingerprint density at radius 1 is 1.50 bits per heavy atom. The highest BCUT2D eigenvalue weighted by Crippen LogP contribution is 2.28. The number of aromatic nitrogens is 2. The molecule has 5 heteroatoms. The van der Waals surface area contributed by atoms with E-state index in [0.29, 0.717) is 5.92 Å². The molecule has 0 amide bonds. The van der Waals surface area contributed by atoms with Crippen LogP contribution >= 0.6 is 11.3 Å². The second-order valence-electron chi connectivity index (χ2n) is 5.37. The van der Waals surface area contributed by atoms with Crippen molar-refractivity contribution in [2.24, 2.45) is 7.05 Å². The molecule has 2 aromatic heterocycles. The monoisotopic (exact) mass is 291 g/mol. The summed E-state index contributed by atoms with van der Waals surface area (Å²) in [6.45, 7) is 6.61. The Morgan fingerprint density at radius 3 is 3.15 bits per heavy atom. The number of nitrogens with zero attached hydrogens (tertiary/aromatic N) is 3. The highest BCUT2D eigenvalue weighted by atomic mass is 32.1. The maximum atomic E-state index is 5.65. The van der Waals surface area contributed by atoms with Crippen LogP contribution in [0.4, 0.5) is 0 Å². The van der Waals surface area contributed by atoms with E-state index < -0.39 is 0 Å². The molecule has 0 N–H and O–H groups in total. The average Bonchev–Trinajstić information content (AvgIpc) is 3.04. The highest BCUT2D eigenvalue weighted by Gasteiger charge is 2.28. The molecule has 20 heavy (non-hydrogen) atoms. The van der Waals surface area contributed by atoms with Gasteiger partial charge in [0.2, 0.25) is 0 Å². The fourth-order valence-corrected chi connectivity index (χ4v) is 3.54. The summed E-state index contributed by atoms with van der Waals surface area (Å²) in [5.41, 5.74) is 3.97. The smallest absolute Gasteiger partial charge is 0.0736 e. The van der Waals surface area contributed by atoms with E-state index in [1.54, 1.807) is 11.3 Å². The minimum absolute atomic E-state index is 0.388. The van der Waals surface area contributed by atoms with E-state index in [1.807, 2.05) is 18.7 Å². The third-order valence-corrected chi connectivity index (χ3v) is 4.44. The zero-order valence-corrected chi connectivity index (χ0v) is 12.9. The largest absolute Gasteiger partial charge is 0.381 e. The van der Waals surface area contributed by atoms with Crippen LogP contribution in [0.25, 0.3) is 0 Å². The van der Waals surface area contributed by atoms with Crippen LogP contribution in [0.3, 0.4) is 0 Å². The van der Waals surface area contributed by atoms with Gasteiger partial charge in [0.1, 0.15) is 0 Å². The lowest BCUT2D eigenvalue weighted by Crippen LogP contribution is -2.34. The van der Waals surface area contributed by atoms with Crippen LogP contribution in [0.5, 0.6) is 0 Å². The Labute approximate surface area is 124 Å². The summed E-state index contributed by atoms with van der Waals surface area (Å²) < 4.78 is 7.58. The molecule has 0 aromatic carbocycles. The lowest BCUT2D eigenvalue weighted by atomic mass is 9.97. The van der Waals surface area contributed by atoms with E-state index in [9.17, 15) is 0 Å². The van der Waals surface area contributed by atoms with Crippen molar-refractivity contribution in [2.45, 2.75) is 25.9 Å². The summed E-state index contributed by atoms with van der Waals surface area (Å²) in [6, 6.07) is 2.21. The molecule has 0 bridgehead atoms. The minimum atomic E-state index is 0.388. The van der Waals surface area contributed by atoms with E-state index in [-0.39, 0.29) is 0 Å². The van der Waals surface area contributed by atoms with Crippen molar-refractivity contribution in [3.8, 4) is 0 Å². The summed E-state index contributed by atoms with van der Waals surface area (Å²) in [7, 11) is 2.00. The molecule has 0 aliphatic carbocycles. The molecule has 108 valence electrons. The number of aryl methyl sites for hydroxylation is 1. The standard InChI is InChI=1S/C15H21N3OS/c1-3-19-10-14-9-18(6-12-4-5-20-11-12)8-13-7-17(2)16-15(13)14/h4-5,7,11,14H,3,6,8-10H2,1-2H3/t14-/m0/s1. The maximum Gasteiger partial charge on any atom is 0.0736 e. The number of rotatable bonds is 5. The molecule has 0 saturated carbocycles. The number of ether oxygens (including phenoxy) is 1. The molecule has 2 aromatic rings. The lowest BCUT2D eigenvalue weighted by Gasteiger charge is -2.31. The van der Waals surface area contributed by atoms with Crippen molar-refractivity contribution in [2.75, 3.05) is 19.8 Å². The summed E-state index contributed by atoms with van der Waals surface area (Å²) in [6.07, 6.45) is 2.15. The lowest BCUT2D eigenvalue weighted by molar-refractivity contribution is 0.104. The van der Waals surface area contributed by atoms with Gasteiger partial charge in [-0.2, -0.15) is 16.4 Å². The van der Waals surface area contributed by atoms with Crippen LogP contribution < -0.4 is 0 Å². The Hall–Kier alpha value is -1.17. The van der Waals surface area contributed by atoms with Crippen LogP contribution in [-0.4, -0.2) is 34.4 Å². The third-order valence-electron chi connectivity index (χ3n) is 3.71. The number of fused-ring (bicyclic) bond motifs is 1. The first kappa shape index (κ1) is 13.8. The molecule has 1 atom stereocenters. The zero-order valence-electron chi connectivity index (χ0n) is 12.1. The molecule has 4 nitrogen and oxygen atoms in total. The van der Waals surface area contributed by atoms with Crippen molar-refractivity contribution in [1.82, 2.24) is 14.7 Å². The quantitative estimate of drug-likeness (QED) is 0.848. The molecule has 0 fully saturated rings. The summed E-state index contributed by atoms with van der Waals surface area (Å²) in [4.78, 5) is 2.50. The van der Waals surface area contributed by atoms with Gasteiger partial charge in [-0.3, -0.25) is 9.58 Å². The second kappa shape index (κ2) is 6.08. The van der Waals surface area contributed by atoms with Crippen molar-refractivity contribution in [3.05, 3.63) is 39.8 Å². The molecule has 0 unspecified atom stereocenters. The fourth-order valence-electron chi connectivity index (χ4n) is 2.88. The normalized spacial score (nSPS) is 19.2. The van der Waals surface area contributed by atoms with Crippen molar-refractivity contribution in [3.63, 3.8) is 0 Å². The van der Waals surface area contributed by atoms with Crippen molar-refractivity contribution in [1.29, 1.82) is 0 Å². The molecule has 1 aliphatic heterocycles. The Morgan fingerprint density at radius 2 is 2.40 bits per heavy atom. The van der Waals surface area contributed by atoms with Gasteiger partial charge in [0.15, 0.2) is 0 Å². The Kier molecular flexibility index (Phi) is 4.19. The Bertz CT molecular complexity index is 549. The number of hydrogen-bond donors (Lipinski definition) is 0. The number of hydrogen-bond acceptors (Lipinski definition) is 4. The average molecular weight is 291 g/mol. The molecule has 1 aliphatic rings. The van der Waals surface area contributed by atoms with Crippen molar-refractivity contribution < 1.29 is 4.74 Å². The van der Waals surface area contributed by atoms with Crippen molar-refractivity contribution >= 4 is 11.3 Å². The van der Waals surface area contributed by atoms with E-state index in [0.717, 1.165) is 32.8 Å². The van der Waals surface area contributed by atoms with Crippen LogP contribution in [0.15, 0.2) is 23.0 Å². The Balaban J connectivity index is 1.76. The minimum Gasteiger partial charge on any atom is -0.381 e.